The van der Waals surface area contributed by atoms with Crippen molar-refractivity contribution in [2.75, 3.05) is 6.54 Å². The molecule has 0 aliphatic heterocycles. The summed E-state index contributed by atoms with van der Waals surface area (Å²) in [5.41, 5.74) is 2.19. The molecule has 0 bridgehead atoms. The van der Waals surface area contributed by atoms with Gasteiger partial charge >= 0.3 is 0 Å². The molecule has 0 fully saturated rings. The summed E-state index contributed by atoms with van der Waals surface area (Å²) in [5, 5.41) is 0. The number of aromatic nitrogens is 4. The van der Waals surface area contributed by atoms with Crippen LogP contribution in [0.4, 0.5) is 0 Å². The predicted octanol–water partition coefficient (Wildman–Crippen LogP) is 1.79. The molecule has 0 saturated carbocycles. The molecule has 1 amide bonds. The monoisotopic (exact) mass is 281 g/mol. The van der Waals surface area contributed by atoms with E-state index < -0.39 is 0 Å². The van der Waals surface area contributed by atoms with Crippen LogP contribution in [0.25, 0.3) is 5.65 Å². The Labute approximate surface area is 122 Å². The van der Waals surface area contributed by atoms with Crippen LogP contribution in [0, 0.1) is 0 Å². The Morgan fingerprint density at radius 3 is 2.90 bits per heavy atom. The Morgan fingerprint density at radius 1 is 1.24 bits per heavy atom. The van der Waals surface area contributed by atoms with Gasteiger partial charge in [-0.15, -0.1) is 0 Å². The highest BCUT2D eigenvalue weighted by atomic mass is 16.2. The van der Waals surface area contributed by atoms with Gasteiger partial charge in [0.05, 0.1) is 24.6 Å². The zero-order valence-electron chi connectivity index (χ0n) is 11.7. The van der Waals surface area contributed by atoms with Gasteiger partial charge in [-0.2, -0.15) is 0 Å². The Hall–Kier alpha value is -2.76. The molecule has 3 aromatic heterocycles. The Bertz CT molecular complexity index is 753. The third-order valence-electron chi connectivity index (χ3n) is 3.30. The number of rotatable bonds is 4. The van der Waals surface area contributed by atoms with Crippen LogP contribution in [0.1, 0.15) is 23.1 Å². The second-order valence-electron chi connectivity index (χ2n) is 4.59. The maximum atomic E-state index is 12.4. The van der Waals surface area contributed by atoms with Crippen molar-refractivity contribution >= 4 is 11.6 Å². The Morgan fingerprint density at radius 2 is 2.14 bits per heavy atom. The molecule has 3 rings (SSSR count). The molecular weight excluding hydrogens is 266 g/mol. The lowest BCUT2D eigenvalue weighted by atomic mass is 10.3. The van der Waals surface area contributed by atoms with E-state index in [4.69, 9.17) is 0 Å². The van der Waals surface area contributed by atoms with Gasteiger partial charge in [-0.1, -0.05) is 6.07 Å². The lowest BCUT2D eigenvalue weighted by Crippen LogP contribution is -2.31. The van der Waals surface area contributed by atoms with Crippen LogP contribution in [0.15, 0.2) is 49.2 Å². The van der Waals surface area contributed by atoms with E-state index in [2.05, 4.69) is 15.0 Å². The molecule has 0 unspecified atom stereocenters. The van der Waals surface area contributed by atoms with Crippen molar-refractivity contribution in [3.8, 4) is 0 Å². The molecule has 0 aromatic carbocycles. The van der Waals surface area contributed by atoms with E-state index in [1.807, 2.05) is 35.7 Å². The zero-order chi connectivity index (χ0) is 14.7. The van der Waals surface area contributed by atoms with E-state index in [9.17, 15) is 4.79 Å². The van der Waals surface area contributed by atoms with Gasteiger partial charge in [-0.3, -0.25) is 9.78 Å². The van der Waals surface area contributed by atoms with Crippen molar-refractivity contribution in [1.82, 2.24) is 24.3 Å². The molecule has 0 radical (unpaired) electrons. The fraction of sp³-hybridized carbons (Fsp3) is 0.200. The van der Waals surface area contributed by atoms with E-state index in [1.165, 1.54) is 12.4 Å². The highest BCUT2D eigenvalue weighted by Gasteiger charge is 2.17. The zero-order valence-corrected chi connectivity index (χ0v) is 11.7. The highest BCUT2D eigenvalue weighted by Crippen LogP contribution is 2.11. The second kappa shape index (κ2) is 5.70. The predicted molar refractivity (Wildman–Crippen MR) is 77.6 cm³/mol. The van der Waals surface area contributed by atoms with Gasteiger partial charge in [0.25, 0.3) is 5.91 Å². The molecule has 0 aliphatic rings. The van der Waals surface area contributed by atoms with Crippen LogP contribution in [0.5, 0.6) is 0 Å². The van der Waals surface area contributed by atoms with Crippen molar-refractivity contribution in [1.29, 1.82) is 0 Å². The quantitative estimate of drug-likeness (QED) is 0.731. The van der Waals surface area contributed by atoms with Crippen LogP contribution < -0.4 is 0 Å². The summed E-state index contributed by atoms with van der Waals surface area (Å²) in [7, 11) is 0. The summed E-state index contributed by atoms with van der Waals surface area (Å²) in [6.07, 6.45) is 8.30. The SMILES string of the molecule is CCN(Cc1cnc2ccccn12)C(=O)c1cnccn1. The molecule has 0 spiro atoms. The number of amides is 1. The molecule has 6 heteroatoms. The summed E-state index contributed by atoms with van der Waals surface area (Å²) in [4.78, 5) is 26.5. The minimum atomic E-state index is -0.128. The average molecular weight is 281 g/mol. The van der Waals surface area contributed by atoms with E-state index in [0.717, 1.165) is 11.3 Å². The van der Waals surface area contributed by atoms with Crippen LogP contribution >= 0.6 is 0 Å². The number of imidazole rings is 1. The number of hydrogen-bond acceptors (Lipinski definition) is 4. The lowest BCUT2D eigenvalue weighted by molar-refractivity contribution is 0.0744. The first-order valence-corrected chi connectivity index (χ1v) is 6.76. The number of fused-ring (bicyclic) bond motifs is 1. The minimum Gasteiger partial charge on any atom is -0.332 e. The van der Waals surface area contributed by atoms with Crippen molar-refractivity contribution < 1.29 is 4.79 Å². The third-order valence-corrected chi connectivity index (χ3v) is 3.30. The van der Waals surface area contributed by atoms with Crippen molar-refractivity contribution in [2.45, 2.75) is 13.5 Å². The van der Waals surface area contributed by atoms with Gasteiger partial charge in [-0.05, 0) is 19.1 Å². The Balaban J connectivity index is 1.86. The summed E-state index contributed by atoms with van der Waals surface area (Å²) in [6.45, 7) is 3.02. The highest BCUT2D eigenvalue weighted by molar-refractivity contribution is 5.91. The van der Waals surface area contributed by atoms with Gasteiger partial charge in [-0.25, -0.2) is 9.97 Å². The molecule has 3 aromatic rings. The molecule has 0 saturated heterocycles. The molecule has 0 atom stereocenters. The second-order valence-corrected chi connectivity index (χ2v) is 4.59. The molecule has 106 valence electrons. The van der Waals surface area contributed by atoms with E-state index in [1.54, 1.807) is 17.3 Å². The fourth-order valence-corrected chi connectivity index (χ4v) is 2.20. The van der Waals surface area contributed by atoms with Crippen LogP contribution in [-0.4, -0.2) is 36.7 Å². The largest absolute Gasteiger partial charge is 0.332 e. The van der Waals surface area contributed by atoms with Gasteiger partial charge in [0, 0.05) is 25.1 Å². The van der Waals surface area contributed by atoms with Gasteiger partial charge in [0.1, 0.15) is 11.3 Å². The number of hydrogen-bond donors (Lipinski definition) is 0. The summed E-state index contributed by atoms with van der Waals surface area (Å²) in [6, 6.07) is 5.82. The van der Waals surface area contributed by atoms with Crippen molar-refractivity contribution in [3.05, 3.63) is 60.6 Å². The van der Waals surface area contributed by atoms with E-state index >= 15 is 0 Å². The maximum absolute atomic E-state index is 12.4. The first-order valence-electron chi connectivity index (χ1n) is 6.76. The lowest BCUT2D eigenvalue weighted by Gasteiger charge is -2.19. The molecular formula is C15H15N5O. The smallest absolute Gasteiger partial charge is 0.274 e. The molecule has 21 heavy (non-hydrogen) atoms. The molecule has 0 N–H and O–H groups in total. The van der Waals surface area contributed by atoms with E-state index in [0.29, 0.717) is 18.8 Å². The van der Waals surface area contributed by atoms with Gasteiger partial charge in [0.15, 0.2) is 0 Å². The normalized spacial score (nSPS) is 10.7. The van der Waals surface area contributed by atoms with Crippen molar-refractivity contribution in [3.63, 3.8) is 0 Å². The van der Waals surface area contributed by atoms with Crippen LogP contribution in [0.3, 0.4) is 0 Å². The first-order chi connectivity index (χ1) is 10.3. The van der Waals surface area contributed by atoms with Gasteiger partial charge < -0.3 is 9.30 Å². The fourth-order valence-electron chi connectivity index (χ4n) is 2.20. The topological polar surface area (TPSA) is 63.4 Å². The molecule has 0 aliphatic carbocycles. The molecule has 6 nitrogen and oxygen atoms in total. The number of nitrogens with zero attached hydrogens (tertiary/aromatic N) is 5. The van der Waals surface area contributed by atoms with Crippen molar-refractivity contribution in [2.24, 2.45) is 0 Å². The average Bonchev–Trinajstić information content (AvgIpc) is 2.96. The van der Waals surface area contributed by atoms with E-state index in [-0.39, 0.29) is 5.91 Å². The van der Waals surface area contributed by atoms with Crippen LogP contribution in [0.2, 0.25) is 0 Å². The number of pyridine rings is 1. The summed E-state index contributed by atoms with van der Waals surface area (Å²) >= 11 is 0. The Kier molecular flexibility index (Phi) is 3.59. The maximum Gasteiger partial charge on any atom is 0.274 e. The summed E-state index contributed by atoms with van der Waals surface area (Å²) < 4.78 is 1.98. The number of carbonyl (C=O) groups excluding carboxylic acids is 1. The molecule has 3 heterocycles. The number of carbonyl (C=O) groups is 1. The minimum absolute atomic E-state index is 0.128. The standard InChI is InChI=1S/C15H15N5O/c1-2-19(15(21)13-10-16-6-7-17-13)11-12-9-18-14-5-3-4-8-20(12)14/h3-10H,2,11H2,1H3. The first kappa shape index (κ1) is 13.2. The van der Waals surface area contributed by atoms with Crippen LogP contribution in [-0.2, 0) is 6.54 Å². The summed E-state index contributed by atoms with van der Waals surface area (Å²) in [5.74, 6) is -0.128. The third kappa shape index (κ3) is 2.60. The van der Waals surface area contributed by atoms with Gasteiger partial charge in [0.2, 0.25) is 0 Å².